The monoisotopic (exact) mass is 316 g/mol. The molecule has 2 aromatic heterocycles. The lowest BCUT2D eigenvalue weighted by Gasteiger charge is -2.07. The van der Waals surface area contributed by atoms with Crippen molar-refractivity contribution in [3.63, 3.8) is 0 Å². The number of hydrogen-bond acceptors (Lipinski definition) is 4. The van der Waals surface area contributed by atoms with Gasteiger partial charge in [-0.1, -0.05) is 18.2 Å². The molecule has 1 N–H and O–H groups in total. The summed E-state index contributed by atoms with van der Waals surface area (Å²) in [5.74, 6) is 0.288. The van der Waals surface area contributed by atoms with Crippen LogP contribution in [0.5, 0.6) is 0 Å². The van der Waals surface area contributed by atoms with Gasteiger partial charge in [0.2, 0.25) is 0 Å². The van der Waals surface area contributed by atoms with Crippen molar-refractivity contribution in [2.75, 3.05) is 4.72 Å². The minimum Gasteiger partial charge on any atom is -0.269 e. The zero-order valence-corrected chi connectivity index (χ0v) is 13.1. The molecular weight excluding hydrogens is 300 g/mol. The molecule has 2 heterocycles. The first-order chi connectivity index (χ1) is 10.5. The standard InChI is InChI=1S/C15H16N4O2S/c1-11(2)19-10-13(9-16-19)22(20,21)18-15-8-7-12-5-3-4-6-14(12)17-15/h3-11H,1-2H3,(H,17,18). The first kappa shape index (κ1) is 14.5. The van der Waals surface area contributed by atoms with E-state index in [4.69, 9.17) is 0 Å². The summed E-state index contributed by atoms with van der Waals surface area (Å²) in [7, 11) is -3.69. The Morgan fingerprint density at radius 1 is 1.14 bits per heavy atom. The van der Waals surface area contributed by atoms with Gasteiger partial charge in [-0.05, 0) is 32.0 Å². The fraction of sp³-hybridized carbons (Fsp3) is 0.200. The molecule has 22 heavy (non-hydrogen) atoms. The number of nitrogens with zero attached hydrogens (tertiary/aromatic N) is 3. The molecule has 3 aromatic rings. The van der Waals surface area contributed by atoms with E-state index >= 15 is 0 Å². The van der Waals surface area contributed by atoms with Crippen LogP contribution in [0.2, 0.25) is 0 Å². The van der Waals surface area contributed by atoms with E-state index in [1.165, 1.54) is 12.4 Å². The van der Waals surface area contributed by atoms with E-state index in [-0.39, 0.29) is 16.8 Å². The molecule has 0 fully saturated rings. The van der Waals surface area contributed by atoms with Crippen LogP contribution in [-0.2, 0) is 10.0 Å². The molecule has 0 radical (unpaired) electrons. The number of rotatable bonds is 4. The summed E-state index contributed by atoms with van der Waals surface area (Å²) in [5.41, 5.74) is 0.737. The van der Waals surface area contributed by atoms with E-state index in [1.807, 2.05) is 44.2 Å². The van der Waals surface area contributed by atoms with Crippen LogP contribution in [0.3, 0.4) is 0 Å². The van der Waals surface area contributed by atoms with Crippen LogP contribution in [0.25, 0.3) is 10.9 Å². The van der Waals surface area contributed by atoms with Crippen molar-refractivity contribution in [1.29, 1.82) is 0 Å². The summed E-state index contributed by atoms with van der Waals surface area (Å²) in [5, 5.41) is 5.01. The SMILES string of the molecule is CC(C)n1cc(S(=O)(=O)Nc2ccc3ccccc3n2)cn1. The van der Waals surface area contributed by atoms with Crippen molar-refractivity contribution < 1.29 is 8.42 Å². The van der Waals surface area contributed by atoms with E-state index in [9.17, 15) is 8.42 Å². The third-order valence-electron chi connectivity index (χ3n) is 3.25. The Hall–Kier alpha value is -2.41. The van der Waals surface area contributed by atoms with Gasteiger partial charge in [-0.15, -0.1) is 0 Å². The van der Waals surface area contributed by atoms with Crippen LogP contribution in [0.4, 0.5) is 5.82 Å². The fourth-order valence-electron chi connectivity index (χ4n) is 2.06. The Balaban J connectivity index is 1.91. The van der Waals surface area contributed by atoms with Crippen molar-refractivity contribution >= 4 is 26.7 Å². The Kier molecular flexibility index (Phi) is 3.58. The first-order valence-corrected chi connectivity index (χ1v) is 8.37. The van der Waals surface area contributed by atoms with Crippen LogP contribution in [0.1, 0.15) is 19.9 Å². The number of anilines is 1. The highest BCUT2D eigenvalue weighted by Crippen LogP contribution is 2.18. The van der Waals surface area contributed by atoms with Gasteiger partial charge in [0, 0.05) is 17.6 Å². The predicted octanol–water partition coefficient (Wildman–Crippen LogP) is 2.81. The highest BCUT2D eigenvalue weighted by molar-refractivity contribution is 7.92. The maximum absolute atomic E-state index is 12.4. The summed E-state index contributed by atoms with van der Waals surface area (Å²) in [6.07, 6.45) is 2.84. The van der Waals surface area contributed by atoms with E-state index < -0.39 is 10.0 Å². The largest absolute Gasteiger partial charge is 0.269 e. The number of pyridine rings is 1. The van der Waals surface area contributed by atoms with Crippen molar-refractivity contribution in [1.82, 2.24) is 14.8 Å². The Bertz CT molecular complexity index is 916. The van der Waals surface area contributed by atoms with Gasteiger partial charge in [-0.25, -0.2) is 13.4 Å². The van der Waals surface area contributed by atoms with Crippen LogP contribution < -0.4 is 4.72 Å². The molecule has 0 saturated carbocycles. The smallest absolute Gasteiger partial charge is 0.266 e. The van der Waals surface area contributed by atoms with E-state index in [0.717, 1.165) is 10.9 Å². The molecular formula is C15H16N4O2S. The van der Waals surface area contributed by atoms with Crippen molar-refractivity contribution in [2.24, 2.45) is 0 Å². The summed E-state index contributed by atoms with van der Waals surface area (Å²) in [6, 6.07) is 11.1. The van der Waals surface area contributed by atoms with Gasteiger partial charge >= 0.3 is 0 Å². The van der Waals surface area contributed by atoms with Crippen LogP contribution in [-0.4, -0.2) is 23.2 Å². The quantitative estimate of drug-likeness (QED) is 0.803. The fourth-order valence-corrected chi connectivity index (χ4v) is 3.00. The topological polar surface area (TPSA) is 76.9 Å². The number of para-hydroxylation sites is 1. The molecule has 1 aromatic carbocycles. The number of hydrogen-bond donors (Lipinski definition) is 1. The molecule has 7 heteroatoms. The third-order valence-corrected chi connectivity index (χ3v) is 4.56. The van der Waals surface area contributed by atoms with Gasteiger partial charge in [0.05, 0.1) is 11.7 Å². The summed E-state index contributed by atoms with van der Waals surface area (Å²) in [6.45, 7) is 3.86. The highest BCUT2D eigenvalue weighted by atomic mass is 32.2. The average Bonchev–Trinajstić information content (AvgIpc) is 2.97. The number of nitrogens with one attached hydrogen (secondary N) is 1. The number of aromatic nitrogens is 3. The molecule has 0 aliphatic heterocycles. The lowest BCUT2D eigenvalue weighted by Crippen LogP contribution is -2.13. The first-order valence-electron chi connectivity index (χ1n) is 6.88. The Morgan fingerprint density at radius 3 is 2.64 bits per heavy atom. The van der Waals surface area contributed by atoms with Gasteiger partial charge in [0.1, 0.15) is 10.7 Å². The van der Waals surface area contributed by atoms with Crippen molar-refractivity contribution in [2.45, 2.75) is 24.8 Å². The molecule has 0 spiro atoms. The maximum atomic E-state index is 12.4. The third kappa shape index (κ3) is 2.80. The van der Waals surface area contributed by atoms with Crippen LogP contribution in [0, 0.1) is 0 Å². The molecule has 0 bridgehead atoms. The van der Waals surface area contributed by atoms with Gasteiger partial charge < -0.3 is 0 Å². The summed E-state index contributed by atoms with van der Waals surface area (Å²) >= 11 is 0. The Morgan fingerprint density at radius 2 is 1.91 bits per heavy atom. The number of sulfonamides is 1. The molecule has 0 amide bonds. The molecule has 0 aliphatic carbocycles. The maximum Gasteiger partial charge on any atom is 0.266 e. The normalized spacial score (nSPS) is 12.0. The minimum absolute atomic E-state index is 0.0998. The molecule has 3 rings (SSSR count). The zero-order chi connectivity index (χ0) is 15.7. The zero-order valence-electron chi connectivity index (χ0n) is 12.3. The molecule has 114 valence electrons. The highest BCUT2D eigenvalue weighted by Gasteiger charge is 2.18. The average molecular weight is 316 g/mol. The second kappa shape index (κ2) is 5.42. The van der Waals surface area contributed by atoms with Crippen molar-refractivity contribution in [3.8, 4) is 0 Å². The van der Waals surface area contributed by atoms with E-state index in [1.54, 1.807) is 10.7 Å². The van der Waals surface area contributed by atoms with Gasteiger partial charge in [-0.3, -0.25) is 9.40 Å². The second-order valence-electron chi connectivity index (χ2n) is 5.24. The molecule has 6 nitrogen and oxygen atoms in total. The van der Waals surface area contributed by atoms with Crippen molar-refractivity contribution in [3.05, 3.63) is 48.8 Å². The summed E-state index contributed by atoms with van der Waals surface area (Å²) < 4.78 is 28.8. The lowest BCUT2D eigenvalue weighted by molar-refractivity contribution is 0.531. The number of benzene rings is 1. The Labute approximate surface area is 128 Å². The molecule has 0 unspecified atom stereocenters. The van der Waals surface area contributed by atoms with E-state index in [2.05, 4.69) is 14.8 Å². The molecule has 0 atom stereocenters. The van der Waals surface area contributed by atoms with Crippen LogP contribution >= 0.6 is 0 Å². The lowest BCUT2D eigenvalue weighted by atomic mass is 10.2. The summed E-state index contributed by atoms with van der Waals surface area (Å²) in [4.78, 5) is 4.43. The number of fused-ring (bicyclic) bond motifs is 1. The van der Waals surface area contributed by atoms with E-state index in [0.29, 0.717) is 0 Å². The molecule has 0 saturated heterocycles. The second-order valence-corrected chi connectivity index (χ2v) is 6.93. The minimum atomic E-state index is -3.69. The predicted molar refractivity (Wildman–Crippen MR) is 85.2 cm³/mol. The van der Waals surface area contributed by atoms with Gasteiger partial charge in [0.15, 0.2) is 0 Å². The molecule has 0 aliphatic rings. The van der Waals surface area contributed by atoms with Gasteiger partial charge in [-0.2, -0.15) is 5.10 Å². The van der Waals surface area contributed by atoms with Crippen LogP contribution in [0.15, 0.2) is 53.7 Å². The van der Waals surface area contributed by atoms with Gasteiger partial charge in [0.25, 0.3) is 10.0 Å².